The zero-order valence-electron chi connectivity index (χ0n) is 27.2. The zero-order valence-corrected chi connectivity index (χ0v) is 29.6. The molecule has 0 amide bonds. The SMILES string of the molecule is N#Cc1c(N)sc2c(F)ccc(-c3c(F)c4c5c(c3Cl)=NCNC=5N(C3CCN(S(=O)(=O)C5CC5)C3)C=C(OC[C@@]35CCCN3C[C@H](F)C5)O4)c12. The van der Waals surface area contributed by atoms with Gasteiger partial charge in [-0.2, -0.15) is 9.57 Å². The van der Waals surface area contributed by atoms with Gasteiger partial charge in [0.05, 0.1) is 48.9 Å². The van der Waals surface area contributed by atoms with Crippen LogP contribution >= 0.6 is 22.9 Å². The summed E-state index contributed by atoms with van der Waals surface area (Å²) in [6.07, 6.45) is 4.30. The molecular formula is C34H33ClF3N7O4S2. The fourth-order valence-corrected chi connectivity index (χ4v) is 11.6. The molecule has 5 aliphatic heterocycles. The van der Waals surface area contributed by atoms with E-state index in [-0.39, 0.29) is 90.2 Å². The van der Waals surface area contributed by atoms with Crippen molar-refractivity contribution in [3.8, 4) is 22.9 Å². The molecule has 1 aromatic heterocycles. The minimum atomic E-state index is -3.46. The van der Waals surface area contributed by atoms with Gasteiger partial charge in [0.2, 0.25) is 10.0 Å². The predicted molar refractivity (Wildman–Crippen MR) is 185 cm³/mol. The van der Waals surface area contributed by atoms with Crippen LogP contribution in [0.1, 0.15) is 44.1 Å². The molecule has 0 bridgehead atoms. The van der Waals surface area contributed by atoms with Gasteiger partial charge < -0.3 is 25.4 Å². The molecule has 6 heterocycles. The summed E-state index contributed by atoms with van der Waals surface area (Å²) < 4.78 is 87.8. The van der Waals surface area contributed by atoms with Gasteiger partial charge in [0.25, 0.3) is 0 Å². The highest BCUT2D eigenvalue weighted by atomic mass is 35.5. The number of nitrogens with one attached hydrogen (secondary N) is 1. The number of rotatable bonds is 7. The van der Waals surface area contributed by atoms with Crippen LogP contribution in [0.25, 0.3) is 27.0 Å². The van der Waals surface area contributed by atoms with Crippen molar-refractivity contribution in [2.24, 2.45) is 4.99 Å². The first-order valence-electron chi connectivity index (χ1n) is 16.9. The monoisotopic (exact) mass is 759 g/mol. The Morgan fingerprint density at radius 2 is 2.06 bits per heavy atom. The predicted octanol–water partition coefficient (Wildman–Crippen LogP) is 3.85. The lowest BCUT2D eigenvalue weighted by molar-refractivity contribution is 0.0252. The van der Waals surface area contributed by atoms with Crippen LogP contribution in [0.3, 0.4) is 0 Å². The second-order valence-corrected chi connectivity index (χ2v) is 17.7. The Bertz CT molecular complexity index is 2330. The maximum absolute atomic E-state index is 17.3. The van der Waals surface area contributed by atoms with E-state index in [4.69, 9.17) is 26.8 Å². The van der Waals surface area contributed by atoms with Crippen molar-refractivity contribution in [1.29, 1.82) is 5.26 Å². The smallest absolute Gasteiger partial charge is 0.302 e. The van der Waals surface area contributed by atoms with Gasteiger partial charge in [-0.05, 0) is 50.3 Å². The highest BCUT2D eigenvalue weighted by Gasteiger charge is 2.50. The van der Waals surface area contributed by atoms with E-state index in [1.54, 1.807) is 6.20 Å². The average Bonchev–Trinajstić information content (AvgIpc) is 3.49. The van der Waals surface area contributed by atoms with E-state index in [1.165, 1.54) is 16.4 Å². The zero-order chi connectivity index (χ0) is 35.4. The number of halogens is 4. The number of benzene rings is 2. The number of nitriles is 1. The van der Waals surface area contributed by atoms with Crippen LogP contribution in [0.4, 0.5) is 18.2 Å². The van der Waals surface area contributed by atoms with Crippen molar-refractivity contribution < 1.29 is 31.1 Å². The molecule has 268 valence electrons. The normalized spacial score (nSPS) is 26.2. The van der Waals surface area contributed by atoms with Gasteiger partial charge in [0.15, 0.2) is 11.6 Å². The number of hydrogen-bond acceptors (Lipinski definition) is 11. The van der Waals surface area contributed by atoms with Gasteiger partial charge in [0, 0.05) is 37.0 Å². The number of ether oxygens (including phenoxy) is 2. The Morgan fingerprint density at radius 1 is 1.24 bits per heavy atom. The largest absolute Gasteiger partial charge is 0.462 e. The molecule has 1 saturated carbocycles. The highest BCUT2D eigenvalue weighted by molar-refractivity contribution is 7.90. The molecule has 0 radical (unpaired) electrons. The fourth-order valence-electron chi connectivity index (χ4n) is 8.43. The Morgan fingerprint density at radius 3 is 2.84 bits per heavy atom. The van der Waals surface area contributed by atoms with Crippen LogP contribution in [0.5, 0.6) is 5.75 Å². The Labute approximate surface area is 300 Å². The third kappa shape index (κ3) is 5.10. The highest BCUT2D eigenvalue weighted by Crippen LogP contribution is 2.45. The number of alkyl halides is 1. The summed E-state index contributed by atoms with van der Waals surface area (Å²) in [6, 6.07) is 4.16. The first kappa shape index (κ1) is 33.1. The number of nitrogens with two attached hydrogens (primary N) is 1. The lowest BCUT2D eigenvalue weighted by Gasteiger charge is -2.32. The van der Waals surface area contributed by atoms with Crippen molar-refractivity contribution in [3.63, 3.8) is 0 Å². The summed E-state index contributed by atoms with van der Waals surface area (Å²) in [4.78, 5) is 8.53. The van der Waals surface area contributed by atoms with E-state index < -0.39 is 33.4 Å². The maximum Gasteiger partial charge on any atom is 0.302 e. The van der Waals surface area contributed by atoms with Gasteiger partial charge in [-0.25, -0.2) is 21.6 Å². The minimum absolute atomic E-state index is 0.000430. The molecule has 3 aromatic rings. The first-order valence-corrected chi connectivity index (χ1v) is 19.6. The number of fused-ring (bicyclic) bond motifs is 2. The molecule has 3 saturated heterocycles. The molecule has 0 spiro atoms. The molecular weight excluding hydrogens is 727 g/mol. The lowest BCUT2D eigenvalue weighted by atomic mass is 9.95. The van der Waals surface area contributed by atoms with Crippen LogP contribution in [0, 0.1) is 23.0 Å². The second kappa shape index (κ2) is 11.9. The number of sulfonamides is 1. The molecule has 11 nitrogen and oxygen atoms in total. The molecule has 3 atom stereocenters. The number of hydrogen-bond donors (Lipinski definition) is 2. The van der Waals surface area contributed by atoms with Crippen LogP contribution in [0.2, 0.25) is 5.02 Å². The van der Waals surface area contributed by atoms with E-state index in [2.05, 4.69) is 15.2 Å². The van der Waals surface area contributed by atoms with E-state index in [0.29, 0.717) is 44.6 Å². The van der Waals surface area contributed by atoms with Gasteiger partial charge >= 0.3 is 5.95 Å². The summed E-state index contributed by atoms with van der Waals surface area (Å²) >= 11 is 7.92. The van der Waals surface area contributed by atoms with Crippen LogP contribution in [-0.2, 0) is 14.8 Å². The van der Waals surface area contributed by atoms with Gasteiger partial charge in [-0.1, -0.05) is 17.7 Å². The quantitative estimate of drug-likeness (QED) is 0.368. The van der Waals surface area contributed by atoms with Gasteiger partial charge in [0.1, 0.15) is 42.2 Å². The van der Waals surface area contributed by atoms with E-state index in [1.807, 2.05) is 11.0 Å². The molecule has 9 rings (SSSR count). The van der Waals surface area contributed by atoms with Gasteiger partial charge in [-0.15, -0.1) is 11.3 Å². The van der Waals surface area contributed by atoms with Gasteiger partial charge in [-0.3, -0.25) is 9.89 Å². The molecule has 51 heavy (non-hydrogen) atoms. The van der Waals surface area contributed by atoms with E-state index in [9.17, 15) is 18.1 Å². The number of thiophene rings is 1. The summed E-state index contributed by atoms with van der Waals surface area (Å²) in [5.41, 5.74) is 5.55. The topological polar surface area (TPSA) is 137 Å². The molecule has 1 unspecified atom stereocenters. The molecule has 17 heteroatoms. The van der Waals surface area contributed by atoms with Crippen molar-refractivity contribution in [3.05, 3.63) is 57.1 Å². The Kier molecular flexibility index (Phi) is 7.72. The standard InChI is InChI=1S/C34H33ClF3N7O4S2/c35-27-25(20-4-5-22(37)31-24(20)21(11-39)32(40)50-31)28(38)30-26-29(27)41-16-42-33(26)45(18-6-9-44(13-18)51(46,47)19-2-3-19)14-23(49-30)48-15-34-7-1-8-43(34)12-17(36)10-34/h4-5,14,17-19,42H,1-3,6-10,12-13,15-16,40H2/t17-,18?,34+/m1/s1. The molecule has 1 aliphatic carbocycles. The van der Waals surface area contributed by atoms with Crippen molar-refractivity contribution in [1.82, 2.24) is 19.4 Å². The minimum Gasteiger partial charge on any atom is -0.462 e. The lowest BCUT2D eigenvalue weighted by Crippen LogP contribution is -2.47. The summed E-state index contributed by atoms with van der Waals surface area (Å²) in [5.74, 6) is -1.45. The summed E-state index contributed by atoms with van der Waals surface area (Å²) in [5, 5.41) is 13.4. The molecule has 4 fully saturated rings. The summed E-state index contributed by atoms with van der Waals surface area (Å²) in [7, 11) is -3.46. The van der Waals surface area contributed by atoms with Crippen molar-refractivity contribution in [2.45, 2.75) is 61.5 Å². The number of anilines is 1. The van der Waals surface area contributed by atoms with Crippen molar-refractivity contribution in [2.75, 3.05) is 45.2 Å². The Hall–Kier alpha value is -3.75. The number of nitrogen functional groups attached to an aromatic ring is 1. The molecule has 2 aromatic carbocycles. The fraction of sp³-hybridized carbons (Fsp3) is 0.471. The molecule has 3 N–H and O–H groups in total. The van der Waals surface area contributed by atoms with E-state index >= 15 is 8.78 Å². The van der Waals surface area contributed by atoms with E-state index in [0.717, 1.165) is 30.7 Å². The Balaban J connectivity index is 1.21. The van der Waals surface area contributed by atoms with Crippen LogP contribution in [-0.4, -0.2) is 85.0 Å². The maximum atomic E-state index is 17.3. The summed E-state index contributed by atoms with van der Waals surface area (Å²) in [6.45, 7) is 1.72. The third-order valence-electron chi connectivity index (χ3n) is 11.0. The van der Waals surface area contributed by atoms with Crippen LogP contribution < -0.4 is 26.4 Å². The number of nitrogens with zero attached hydrogens (tertiary/aromatic N) is 5. The van der Waals surface area contributed by atoms with Crippen molar-refractivity contribution >= 4 is 53.9 Å². The van der Waals surface area contributed by atoms with Crippen LogP contribution in [0.15, 0.2) is 29.3 Å². The third-order valence-corrected chi connectivity index (χ3v) is 14.8. The molecule has 6 aliphatic rings. The average molecular weight is 760 g/mol. The first-order chi connectivity index (χ1) is 24.5. The second-order valence-electron chi connectivity index (χ2n) is 14.0.